The van der Waals surface area contributed by atoms with Crippen LogP contribution < -0.4 is 5.32 Å². The molecule has 1 atom stereocenters. The number of rotatable bonds is 5. The van der Waals surface area contributed by atoms with Gasteiger partial charge in [0, 0.05) is 34.2 Å². The van der Waals surface area contributed by atoms with Gasteiger partial charge in [0.15, 0.2) is 0 Å². The topological polar surface area (TPSA) is 46.9 Å². The van der Waals surface area contributed by atoms with Crippen LogP contribution in [-0.4, -0.2) is 22.7 Å². The second kappa shape index (κ2) is 7.97. The first-order valence-electron chi connectivity index (χ1n) is 7.84. The van der Waals surface area contributed by atoms with Crippen molar-refractivity contribution in [1.82, 2.24) is 15.1 Å². The summed E-state index contributed by atoms with van der Waals surface area (Å²) in [6, 6.07) is 17.5. The van der Waals surface area contributed by atoms with Crippen LogP contribution in [0.5, 0.6) is 0 Å². The molecule has 0 aliphatic carbocycles. The fourth-order valence-electron chi connectivity index (χ4n) is 2.67. The molecule has 3 rings (SSSR count). The van der Waals surface area contributed by atoms with E-state index in [9.17, 15) is 4.79 Å². The third-order valence-corrected chi connectivity index (χ3v) is 4.90. The first kappa shape index (κ1) is 17.9. The fraction of sp³-hybridized carbons (Fsp3) is 0.158. The van der Waals surface area contributed by atoms with Crippen molar-refractivity contribution >= 4 is 37.8 Å². The molecule has 0 unspecified atom stereocenters. The Morgan fingerprint density at radius 2 is 1.84 bits per heavy atom. The van der Waals surface area contributed by atoms with Crippen molar-refractivity contribution in [3.8, 4) is 11.3 Å². The molecule has 0 spiro atoms. The van der Waals surface area contributed by atoms with E-state index in [1.807, 2.05) is 60.8 Å². The summed E-state index contributed by atoms with van der Waals surface area (Å²) < 4.78 is 3.73. The zero-order valence-corrected chi connectivity index (χ0v) is 16.8. The summed E-state index contributed by atoms with van der Waals surface area (Å²) in [4.78, 5) is 12.4. The van der Waals surface area contributed by atoms with Crippen molar-refractivity contribution in [2.45, 2.75) is 12.5 Å². The average molecular weight is 463 g/mol. The Bertz CT molecular complexity index is 892. The molecule has 0 aliphatic rings. The summed E-state index contributed by atoms with van der Waals surface area (Å²) in [7, 11) is 1.65. The van der Waals surface area contributed by atoms with Gasteiger partial charge in [0.2, 0.25) is 5.91 Å². The van der Waals surface area contributed by atoms with Crippen LogP contribution in [-0.2, 0) is 11.2 Å². The first-order chi connectivity index (χ1) is 12.1. The third-order valence-electron chi connectivity index (χ3n) is 3.92. The first-order valence-corrected chi connectivity index (χ1v) is 9.42. The lowest BCUT2D eigenvalue weighted by atomic mass is 10.1. The van der Waals surface area contributed by atoms with Gasteiger partial charge in [0.25, 0.3) is 0 Å². The number of nitrogens with zero attached hydrogens (tertiary/aromatic N) is 2. The zero-order valence-electron chi connectivity index (χ0n) is 13.6. The molecular weight excluding hydrogens is 446 g/mol. The van der Waals surface area contributed by atoms with Gasteiger partial charge >= 0.3 is 0 Å². The predicted molar refractivity (Wildman–Crippen MR) is 106 cm³/mol. The molecule has 128 valence electrons. The number of likely N-dealkylation sites (N-methyl/N-ethyl adjacent to an activating group) is 1. The second-order valence-corrected chi connectivity index (χ2v) is 7.49. The number of nitrogens with one attached hydrogen (secondary N) is 1. The van der Waals surface area contributed by atoms with Gasteiger partial charge in [-0.05, 0) is 35.9 Å². The number of aromatic nitrogens is 2. The van der Waals surface area contributed by atoms with Crippen molar-refractivity contribution < 1.29 is 4.79 Å². The highest BCUT2D eigenvalue weighted by Crippen LogP contribution is 2.24. The van der Waals surface area contributed by atoms with E-state index in [-0.39, 0.29) is 5.91 Å². The molecule has 0 saturated heterocycles. The summed E-state index contributed by atoms with van der Waals surface area (Å²) in [5.74, 6) is -0.0659. The van der Waals surface area contributed by atoms with Gasteiger partial charge < -0.3 is 5.32 Å². The van der Waals surface area contributed by atoms with Crippen molar-refractivity contribution in [3.63, 3.8) is 0 Å². The average Bonchev–Trinajstić information content (AvgIpc) is 3.09. The van der Waals surface area contributed by atoms with Gasteiger partial charge in [0.1, 0.15) is 6.04 Å². The number of hydrogen-bond donors (Lipinski definition) is 1. The molecule has 1 aromatic heterocycles. The highest BCUT2D eigenvalue weighted by Gasteiger charge is 2.21. The summed E-state index contributed by atoms with van der Waals surface area (Å²) >= 11 is 6.95. The lowest BCUT2D eigenvalue weighted by Gasteiger charge is -2.16. The van der Waals surface area contributed by atoms with E-state index in [1.165, 1.54) is 0 Å². The number of benzene rings is 2. The van der Waals surface area contributed by atoms with Crippen molar-refractivity contribution in [2.75, 3.05) is 7.05 Å². The Balaban J connectivity index is 1.91. The predicted octanol–water partition coefficient (Wildman–Crippen LogP) is 4.60. The van der Waals surface area contributed by atoms with E-state index in [0.29, 0.717) is 6.42 Å². The van der Waals surface area contributed by atoms with Gasteiger partial charge in [-0.25, -0.2) is 0 Å². The molecule has 0 aliphatic heterocycles. The smallest absolute Gasteiger partial charge is 0.244 e. The van der Waals surface area contributed by atoms with Gasteiger partial charge in [0.05, 0.1) is 5.69 Å². The largest absolute Gasteiger partial charge is 0.357 e. The molecule has 1 N–H and O–H groups in total. The summed E-state index contributed by atoms with van der Waals surface area (Å²) in [5.41, 5.74) is 2.91. The van der Waals surface area contributed by atoms with Gasteiger partial charge in [-0.1, -0.05) is 56.1 Å². The molecule has 6 heteroatoms. The lowest BCUT2D eigenvalue weighted by Crippen LogP contribution is -2.31. The van der Waals surface area contributed by atoms with E-state index in [2.05, 4.69) is 42.3 Å². The Kier molecular flexibility index (Phi) is 5.71. The minimum absolute atomic E-state index is 0.0659. The molecule has 4 nitrogen and oxygen atoms in total. The summed E-state index contributed by atoms with van der Waals surface area (Å²) in [5, 5.41) is 7.37. The molecule has 0 saturated carbocycles. The quantitative estimate of drug-likeness (QED) is 0.602. The van der Waals surface area contributed by atoms with Crippen LogP contribution in [0.2, 0.25) is 0 Å². The monoisotopic (exact) mass is 461 g/mol. The molecular formula is C19H17Br2N3O. The molecule has 3 aromatic rings. The maximum Gasteiger partial charge on any atom is 0.244 e. The fourth-order valence-corrected chi connectivity index (χ4v) is 3.52. The number of amides is 1. The standard InChI is InChI=1S/C19H17Br2N3O/c1-22-19(25)18(11-13-4-2-6-15(20)10-13)24-9-8-17(23-24)14-5-3-7-16(21)12-14/h2-10,12,18H,11H2,1H3,(H,22,25)/t18-/m0/s1. The van der Waals surface area contributed by atoms with Crippen LogP contribution in [0.25, 0.3) is 11.3 Å². The molecule has 1 heterocycles. The van der Waals surface area contributed by atoms with E-state index in [0.717, 1.165) is 25.8 Å². The van der Waals surface area contributed by atoms with E-state index >= 15 is 0 Å². The maximum absolute atomic E-state index is 12.4. The lowest BCUT2D eigenvalue weighted by molar-refractivity contribution is -0.124. The van der Waals surface area contributed by atoms with Crippen molar-refractivity contribution in [1.29, 1.82) is 0 Å². The number of carbonyl (C=O) groups excluding carboxylic acids is 1. The summed E-state index contributed by atoms with van der Waals surface area (Å²) in [6.45, 7) is 0. The van der Waals surface area contributed by atoms with Crippen molar-refractivity contribution in [2.24, 2.45) is 0 Å². The Labute approximate surface area is 163 Å². The van der Waals surface area contributed by atoms with Gasteiger partial charge in [-0.2, -0.15) is 5.10 Å². The molecule has 2 aromatic carbocycles. The van der Waals surface area contributed by atoms with Crippen molar-refractivity contribution in [3.05, 3.63) is 75.3 Å². The van der Waals surface area contributed by atoms with Crippen LogP contribution >= 0.6 is 31.9 Å². The minimum atomic E-state index is -0.403. The number of carbonyl (C=O) groups is 1. The molecule has 0 radical (unpaired) electrons. The number of hydrogen-bond acceptors (Lipinski definition) is 2. The normalized spacial score (nSPS) is 12.0. The Morgan fingerprint density at radius 3 is 2.52 bits per heavy atom. The highest BCUT2D eigenvalue weighted by atomic mass is 79.9. The Morgan fingerprint density at radius 1 is 1.12 bits per heavy atom. The second-order valence-electron chi connectivity index (χ2n) is 5.66. The molecule has 0 bridgehead atoms. The van der Waals surface area contributed by atoms with Crippen LogP contribution in [0.3, 0.4) is 0 Å². The summed E-state index contributed by atoms with van der Waals surface area (Å²) in [6.07, 6.45) is 2.42. The number of halogens is 2. The molecule has 25 heavy (non-hydrogen) atoms. The Hall–Kier alpha value is -1.92. The highest BCUT2D eigenvalue weighted by molar-refractivity contribution is 9.10. The minimum Gasteiger partial charge on any atom is -0.357 e. The van der Waals surface area contributed by atoms with Crippen LogP contribution in [0.1, 0.15) is 11.6 Å². The van der Waals surface area contributed by atoms with Gasteiger partial charge in [-0.15, -0.1) is 0 Å². The van der Waals surface area contributed by atoms with Crippen LogP contribution in [0, 0.1) is 0 Å². The molecule has 0 fully saturated rings. The maximum atomic E-state index is 12.4. The van der Waals surface area contributed by atoms with Gasteiger partial charge in [-0.3, -0.25) is 9.48 Å². The SMILES string of the molecule is CNC(=O)[C@H](Cc1cccc(Br)c1)n1ccc(-c2cccc(Br)c2)n1. The van der Waals surface area contributed by atoms with Crippen LogP contribution in [0.4, 0.5) is 0 Å². The zero-order chi connectivity index (χ0) is 17.8. The van der Waals surface area contributed by atoms with E-state index in [4.69, 9.17) is 0 Å². The van der Waals surface area contributed by atoms with E-state index in [1.54, 1.807) is 11.7 Å². The van der Waals surface area contributed by atoms with Crippen LogP contribution in [0.15, 0.2) is 69.7 Å². The molecule has 1 amide bonds. The van der Waals surface area contributed by atoms with E-state index < -0.39 is 6.04 Å². The third kappa shape index (κ3) is 4.38.